The minimum atomic E-state index is -0.763. The van der Waals surface area contributed by atoms with Gasteiger partial charge in [0.25, 0.3) is 0 Å². The molecule has 2 saturated carbocycles. The molecule has 4 aromatic rings. The number of ketones is 1. The highest BCUT2D eigenvalue weighted by Crippen LogP contribution is 2.54. The second-order valence-electron chi connectivity index (χ2n) is 13.7. The van der Waals surface area contributed by atoms with Gasteiger partial charge in [0.2, 0.25) is 0 Å². The summed E-state index contributed by atoms with van der Waals surface area (Å²) in [5.74, 6) is 0.00204. The number of aliphatic carboxylic acids is 2. The van der Waals surface area contributed by atoms with Gasteiger partial charge in [0.15, 0.2) is 5.78 Å². The highest BCUT2D eigenvalue weighted by molar-refractivity contribution is 8.08. The Morgan fingerprint density at radius 1 is 0.878 bits per heavy atom. The first-order valence-electron chi connectivity index (χ1n) is 16.7. The summed E-state index contributed by atoms with van der Waals surface area (Å²) in [5, 5.41) is 20.8. The molecule has 0 saturated heterocycles. The number of Topliss-reactive ketones (excluding diaryl/α,β-unsaturated/α-hetero) is 1. The predicted octanol–water partition coefficient (Wildman–Crippen LogP) is 10.2. The molecule has 0 spiro atoms. The van der Waals surface area contributed by atoms with Gasteiger partial charge >= 0.3 is 11.9 Å². The van der Waals surface area contributed by atoms with E-state index in [-0.39, 0.29) is 34.7 Å². The van der Waals surface area contributed by atoms with Crippen molar-refractivity contribution in [3.8, 4) is 0 Å². The molecule has 0 aliphatic heterocycles. The quantitative estimate of drug-likeness (QED) is 0.104. The highest BCUT2D eigenvalue weighted by Gasteiger charge is 2.45. The van der Waals surface area contributed by atoms with Crippen LogP contribution in [-0.2, 0) is 16.0 Å². The lowest BCUT2D eigenvalue weighted by Gasteiger charge is -2.22. The Balaban J connectivity index is 1.32. The van der Waals surface area contributed by atoms with E-state index in [0.717, 1.165) is 88.0 Å². The van der Waals surface area contributed by atoms with Crippen molar-refractivity contribution >= 4 is 74.7 Å². The SMILES string of the molecule is CC(=O)c1ccccc1CC[C@@H](SCC1(CC(=O)O)CC1)c1cccc(C(=Cc2ccc3ccc(Cl)cc3n2)SCC2(CC(=O)O)CC2)c1. The molecule has 1 atom stereocenters. The highest BCUT2D eigenvalue weighted by atomic mass is 35.5. The summed E-state index contributed by atoms with van der Waals surface area (Å²) in [6.45, 7) is 1.60. The molecule has 9 heteroatoms. The van der Waals surface area contributed by atoms with Gasteiger partial charge in [0.1, 0.15) is 0 Å². The number of carbonyl (C=O) groups excluding carboxylic acids is 1. The Bertz CT molecular complexity index is 1920. The molecule has 254 valence electrons. The van der Waals surface area contributed by atoms with E-state index in [2.05, 4.69) is 30.3 Å². The molecule has 2 N–H and O–H groups in total. The second kappa shape index (κ2) is 15.1. The molecule has 2 aliphatic carbocycles. The van der Waals surface area contributed by atoms with Crippen molar-refractivity contribution < 1.29 is 24.6 Å². The van der Waals surface area contributed by atoms with Gasteiger partial charge in [-0.05, 0) is 103 Å². The largest absolute Gasteiger partial charge is 0.481 e. The molecule has 2 fully saturated rings. The lowest BCUT2D eigenvalue weighted by molar-refractivity contribution is -0.139. The van der Waals surface area contributed by atoms with E-state index >= 15 is 0 Å². The first-order chi connectivity index (χ1) is 23.5. The van der Waals surface area contributed by atoms with Gasteiger partial charge in [0.05, 0.1) is 24.1 Å². The zero-order valence-corrected chi connectivity index (χ0v) is 29.9. The van der Waals surface area contributed by atoms with Crippen LogP contribution in [0.25, 0.3) is 21.9 Å². The van der Waals surface area contributed by atoms with E-state index in [1.54, 1.807) is 18.7 Å². The van der Waals surface area contributed by atoms with Crippen LogP contribution in [0.15, 0.2) is 78.9 Å². The van der Waals surface area contributed by atoms with Crippen molar-refractivity contribution in [3.63, 3.8) is 0 Å². The Kier molecular flexibility index (Phi) is 10.9. The van der Waals surface area contributed by atoms with E-state index in [0.29, 0.717) is 10.8 Å². The van der Waals surface area contributed by atoms with Crippen molar-refractivity contribution in [2.75, 3.05) is 11.5 Å². The number of hydrogen-bond donors (Lipinski definition) is 2. The predicted molar refractivity (Wildman–Crippen MR) is 201 cm³/mol. The van der Waals surface area contributed by atoms with Crippen LogP contribution in [0, 0.1) is 10.8 Å². The molecule has 0 amide bonds. The van der Waals surface area contributed by atoms with Crippen LogP contribution in [0.1, 0.15) is 89.9 Å². The van der Waals surface area contributed by atoms with Crippen LogP contribution in [0.3, 0.4) is 0 Å². The summed E-state index contributed by atoms with van der Waals surface area (Å²) in [5.41, 5.74) is 5.19. The topological polar surface area (TPSA) is 105 Å². The molecule has 0 bridgehead atoms. The number of carbonyl (C=O) groups is 3. The molecule has 3 aromatic carbocycles. The molecule has 0 unspecified atom stereocenters. The van der Waals surface area contributed by atoms with E-state index in [1.807, 2.05) is 66.4 Å². The monoisotopic (exact) mass is 713 g/mol. The van der Waals surface area contributed by atoms with Crippen molar-refractivity contribution in [1.82, 2.24) is 4.98 Å². The van der Waals surface area contributed by atoms with E-state index in [4.69, 9.17) is 16.6 Å². The van der Waals surface area contributed by atoms with E-state index in [9.17, 15) is 24.6 Å². The van der Waals surface area contributed by atoms with Crippen molar-refractivity contribution in [3.05, 3.63) is 112 Å². The number of benzene rings is 3. The number of rotatable bonds is 17. The average molecular weight is 714 g/mol. The summed E-state index contributed by atoms with van der Waals surface area (Å²) >= 11 is 9.78. The average Bonchev–Trinajstić information content (AvgIpc) is 4.00. The summed E-state index contributed by atoms with van der Waals surface area (Å²) in [6, 6.07) is 26.0. The molecule has 6 nitrogen and oxygen atoms in total. The third-order valence-corrected chi connectivity index (χ3v) is 13.0. The lowest BCUT2D eigenvalue weighted by atomic mass is 9.97. The van der Waals surface area contributed by atoms with Crippen LogP contribution < -0.4 is 0 Å². The summed E-state index contributed by atoms with van der Waals surface area (Å²) in [6.07, 6.45) is 7.62. The number of nitrogens with zero attached hydrogens (tertiary/aromatic N) is 1. The molecule has 2 aliphatic rings. The van der Waals surface area contributed by atoms with Crippen molar-refractivity contribution in [1.29, 1.82) is 0 Å². The Morgan fingerprint density at radius 2 is 1.57 bits per heavy atom. The first kappa shape index (κ1) is 35.2. The normalized spacial score (nSPS) is 16.7. The van der Waals surface area contributed by atoms with Gasteiger partial charge in [-0.3, -0.25) is 14.4 Å². The molecule has 6 rings (SSSR count). The summed E-state index contributed by atoms with van der Waals surface area (Å²) in [7, 11) is 0. The van der Waals surface area contributed by atoms with Gasteiger partial charge in [-0.2, -0.15) is 11.8 Å². The molecule has 0 radical (unpaired) electrons. The molecule has 1 heterocycles. The van der Waals surface area contributed by atoms with Gasteiger partial charge in [-0.25, -0.2) is 4.98 Å². The maximum absolute atomic E-state index is 12.4. The fourth-order valence-electron chi connectivity index (χ4n) is 6.38. The minimum absolute atomic E-state index is 0.0490. The number of aromatic nitrogens is 1. The number of fused-ring (bicyclic) bond motifs is 1. The second-order valence-corrected chi connectivity index (χ2v) is 16.3. The maximum atomic E-state index is 12.4. The number of halogens is 1. The minimum Gasteiger partial charge on any atom is -0.481 e. The Labute approximate surface area is 300 Å². The standard InChI is InChI=1S/C40H40ClNO5S2/c1-26(43)33-8-3-2-5-27(33)11-14-35(48-24-39(15-16-39)22-37(44)45)29-6-4-7-30(19-29)36(49-25-40(17-18-40)23-38(46)47)21-32-13-10-28-9-12-31(41)20-34(28)42-32/h2-10,12-13,19-21,35H,11,14-18,22-25H2,1H3,(H,44,45)(H,46,47)/t35-/m1/s1. The van der Waals surface area contributed by atoms with Crippen molar-refractivity contribution in [2.24, 2.45) is 10.8 Å². The third kappa shape index (κ3) is 9.35. The Morgan fingerprint density at radius 3 is 2.27 bits per heavy atom. The smallest absolute Gasteiger partial charge is 0.303 e. The van der Waals surface area contributed by atoms with Crippen LogP contribution in [-0.4, -0.2) is 44.4 Å². The number of hydrogen-bond acceptors (Lipinski definition) is 6. The number of carboxylic acid groups (broad SMARTS) is 2. The molecule has 49 heavy (non-hydrogen) atoms. The number of thioether (sulfide) groups is 2. The maximum Gasteiger partial charge on any atom is 0.303 e. The first-order valence-corrected chi connectivity index (χ1v) is 19.1. The molecular formula is C40H40ClNO5S2. The zero-order valence-electron chi connectivity index (χ0n) is 27.5. The molecule has 1 aromatic heterocycles. The zero-order chi connectivity index (χ0) is 34.6. The molecular weight excluding hydrogens is 674 g/mol. The Hall–Kier alpha value is -3.59. The van der Waals surface area contributed by atoms with E-state index < -0.39 is 11.9 Å². The number of pyridine rings is 1. The van der Waals surface area contributed by atoms with Crippen LogP contribution in [0.5, 0.6) is 0 Å². The summed E-state index contributed by atoms with van der Waals surface area (Å²) in [4.78, 5) is 41.6. The number of carboxylic acids is 2. The van der Waals surface area contributed by atoms with Crippen molar-refractivity contribution in [2.45, 2.75) is 63.5 Å². The van der Waals surface area contributed by atoms with Crippen LogP contribution in [0.4, 0.5) is 0 Å². The van der Waals surface area contributed by atoms with E-state index in [1.165, 1.54) is 0 Å². The number of aryl methyl sites for hydroxylation is 1. The fraction of sp³-hybridized carbons (Fsp3) is 0.350. The van der Waals surface area contributed by atoms with Crippen LogP contribution >= 0.6 is 35.1 Å². The van der Waals surface area contributed by atoms with Gasteiger partial charge < -0.3 is 10.2 Å². The fourth-order valence-corrected chi connectivity index (χ4v) is 9.47. The van der Waals surface area contributed by atoms with Crippen LogP contribution in [0.2, 0.25) is 5.02 Å². The van der Waals surface area contributed by atoms with Gasteiger partial charge in [-0.15, -0.1) is 11.8 Å². The third-order valence-electron chi connectivity index (χ3n) is 9.66. The summed E-state index contributed by atoms with van der Waals surface area (Å²) < 4.78 is 0. The lowest BCUT2D eigenvalue weighted by Crippen LogP contribution is -2.12. The van der Waals surface area contributed by atoms with Gasteiger partial charge in [-0.1, -0.05) is 66.2 Å². The van der Waals surface area contributed by atoms with Gasteiger partial charge in [0, 0.05) is 37.6 Å².